The van der Waals surface area contributed by atoms with Gasteiger partial charge in [-0.2, -0.15) is 0 Å². The van der Waals surface area contributed by atoms with Gasteiger partial charge in [0.2, 0.25) is 15.8 Å². The molecule has 9 nitrogen and oxygen atoms in total. The monoisotopic (exact) mass is 413 g/mol. The zero-order valence-corrected chi connectivity index (χ0v) is 16.2. The number of primary sulfonamides is 1. The molecule has 10 heteroatoms. The number of rotatable bonds is 4. The molecule has 0 bridgehead atoms. The predicted molar refractivity (Wildman–Crippen MR) is 108 cm³/mol. The van der Waals surface area contributed by atoms with Crippen LogP contribution in [0.15, 0.2) is 53.3 Å². The fourth-order valence-corrected chi connectivity index (χ4v) is 4.29. The highest BCUT2D eigenvalue weighted by molar-refractivity contribution is 7.89. The largest absolute Gasteiger partial charge is 0.367 e. The van der Waals surface area contributed by atoms with Gasteiger partial charge in [0.15, 0.2) is 5.78 Å². The molecule has 0 amide bonds. The lowest BCUT2D eigenvalue weighted by Crippen LogP contribution is -2.43. The lowest BCUT2D eigenvalue weighted by molar-refractivity contribution is 0.0983. The molecule has 150 valence electrons. The van der Waals surface area contributed by atoms with Crippen molar-refractivity contribution in [1.29, 1.82) is 0 Å². The van der Waals surface area contributed by atoms with E-state index in [2.05, 4.69) is 20.5 Å². The summed E-state index contributed by atoms with van der Waals surface area (Å²) in [5, 5.41) is 11.5. The highest BCUT2D eigenvalue weighted by Gasteiger charge is 2.31. The van der Waals surface area contributed by atoms with Crippen LogP contribution in [-0.4, -0.2) is 51.1 Å². The molecule has 29 heavy (non-hydrogen) atoms. The van der Waals surface area contributed by atoms with Crippen molar-refractivity contribution >= 4 is 33.0 Å². The number of hydrogen-bond donors (Lipinski definition) is 3. The van der Waals surface area contributed by atoms with Crippen molar-refractivity contribution in [1.82, 2.24) is 10.3 Å². The standard InChI is InChI=1S/C19H19N5O4S/c20-29(27,28)17-3-1-2-12-18(17)16(25)10-13(19(12)26)23-14-11-22-5-4-15(14)24-8-6-21-7-9-24/h1-5,10-11,21,23H,6-9H2,(H2,20,27,28). The minimum absolute atomic E-state index is 0.000798. The van der Waals surface area contributed by atoms with Crippen molar-refractivity contribution in [3.05, 3.63) is 59.6 Å². The molecule has 0 unspecified atom stereocenters. The first kappa shape index (κ1) is 19.2. The van der Waals surface area contributed by atoms with Gasteiger partial charge < -0.3 is 15.5 Å². The molecule has 1 aliphatic heterocycles. The molecular weight excluding hydrogens is 394 g/mol. The van der Waals surface area contributed by atoms with Crippen molar-refractivity contribution in [2.75, 3.05) is 36.4 Å². The van der Waals surface area contributed by atoms with Gasteiger partial charge in [0.1, 0.15) is 0 Å². The Balaban J connectivity index is 1.70. The van der Waals surface area contributed by atoms with Crippen LogP contribution in [-0.2, 0) is 10.0 Å². The number of pyridine rings is 1. The number of anilines is 2. The number of hydrogen-bond acceptors (Lipinski definition) is 8. The summed E-state index contributed by atoms with van der Waals surface area (Å²) >= 11 is 0. The Bertz CT molecular complexity index is 1140. The second kappa shape index (κ2) is 7.39. The van der Waals surface area contributed by atoms with Crippen LogP contribution in [0.4, 0.5) is 11.4 Å². The molecule has 1 aliphatic carbocycles. The number of nitrogens with one attached hydrogen (secondary N) is 2. The quantitative estimate of drug-likeness (QED) is 0.660. The SMILES string of the molecule is NS(=O)(=O)c1cccc2c1C(=O)C=C(Nc1cnccc1N1CCNCC1)C2=O. The number of piperazine rings is 1. The fraction of sp³-hybridized carbons (Fsp3) is 0.211. The smallest absolute Gasteiger partial charge is 0.238 e. The number of ketones is 2. The van der Waals surface area contributed by atoms with Crippen molar-refractivity contribution in [3.8, 4) is 0 Å². The number of carbonyl (C=O) groups excluding carboxylic acids is 2. The molecule has 1 aromatic heterocycles. The van der Waals surface area contributed by atoms with Crippen molar-refractivity contribution in [2.24, 2.45) is 5.14 Å². The Morgan fingerprint density at radius 2 is 1.90 bits per heavy atom. The Morgan fingerprint density at radius 1 is 1.14 bits per heavy atom. The van der Waals surface area contributed by atoms with Crippen molar-refractivity contribution in [3.63, 3.8) is 0 Å². The van der Waals surface area contributed by atoms with Crippen molar-refractivity contribution in [2.45, 2.75) is 4.90 Å². The molecule has 2 aromatic rings. The Morgan fingerprint density at radius 3 is 2.62 bits per heavy atom. The normalized spacial score (nSPS) is 17.0. The first-order valence-corrected chi connectivity index (χ1v) is 10.5. The average Bonchev–Trinajstić information content (AvgIpc) is 2.72. The third-order valence-corrected chi connectivity index (χ3v) is 5.82. The molecule has 4 N–H and O–H groups in total. The fourth-order valence-electron chi connectivity index (χ4n) is 3.53. The summed E-state index contributed by atoms with van der Waals surface area (Å²) in [7, 11) is -4.14. The maximum Gasteiger partial charge on any atom is 0.238 e. The summed E-state index contributed by atoms with van der Waals surface area (Å²) in [6.45, 7) is 3.27. The minimum atomic E-state index is -4.14. The Labute approximate surface area is 167 Å². The van der Waals surface area contributed by atoms with Gasteiger partial charge in [0, 0.05) is 44.0 Å². The third kappa shape index (κ3) is 3.65. The predicted octanol–water partition coefficient (Wildman–Crippen LogP) is 0.514. The summed E-state index contributed by atoms with van der Waals surface area (Å²) in [5.74, 6) is -1.08. The van der Waals surface area contributed by atoms with Gasteiger partial charge in [-0.15, -0.1) is 0 Å². The molecule has 1 fully saturated rings. The second-order valence-corrected chi connectivity index (χ2v) is 8.26. The van der Waals surface area contributed by atoms with E-state index in [0.717, 1.165) is 37.9 Å². The van der Waals surface area contributed by atoms with Crippen LogP contribution in [0.3, 0.4) is 0 Å². The number of benzene rings is 1. The highest BCUT2D eigenvalue weighted by Crippen LogP contribution is 2.30. The van der Waals surface area contributed by atoms with E-state index in [4.69, 9.17) is 5.14 Å². The Hall–Kier alpha value is -3.08. The van der Waals surface area contributed by atoms with E-state index in [9.17, 15) is 18.0 Å². The first-order chi connectivity index (χ1) is 13.9. The number of aromatic nitrogens is 1. The lowest BCUT2D eigenvalue weighted by atomic mass is 9.92. The number of allylic oxidation sites excluding steroid dienone is 2. The van der Waals surface area contributed by atoms with E-state index in [1.165, 1.54) is 18.2 Å². The number of Topliss-reactive ketones (excluding diaryl/α,β-unsaturated/α-hetero) is 1. The maximum absolute atomic E-state index is 13.0. The lowest BCUT2D eigenvalue weighted by Gasteiger charge is -2.31. The molecule has 0 saturated carbocycles. The highest BCUT2D eigenvalue weighted by atomic mass is 32.2. The molecule has 4 rings (SSSR count). The molecular formula is C19H19N5O4S. The van der Waals surface area contributed by atoms with Crippen LogP contribution >= 0.6 is 0 Å². The molecule has 2 heterocycles. The van der Waals surface area contributed by atoms with Crippen LogP contribution in [0.5, 0.6) is 0 Å². The maximum atomic E-state index is 13.0. The van der Waals surface area contributed by atoms with Crippen molar-refractivity contribution < 1.29 is 18.0 Å². The van der Waals surface area contributed by atoms with E-state index in [1.807, 2.05) is 6.07 Å². The molecule has 1 aromatic carbocycles. The summed E-state index contributed by atoms with van der Waals surface area (Å²) in [5.41, 5.74) is 1.32. The second-order valence-electron chi connectivity index (χ2n) is 6.73. The van der Waals surface area contributed by atoms with Gasteiger partial charge in [-0.05, 0) is 12.1 Å². The number of sulfonamides is 1. The Kier molecular flexibility index (Phi) is 4.91. The molecule has 0 radical (unpaired) electrons. The summed E-state index contributed by atoms with van der Waals surface area (Å²) < 4.78 is 23.6. The van der Waals surface area contributed by atoms with Crippen LogP contribution in [0.2, 0.25) is 0 Å². The van der Waals surface area contributed by atoms with Gasteiger partial charge in [0.05, 0.1) is 33.7 Å². The topological polar surface area (TPSA) is 134 Å². The van der Waals surface area contributed by atoms with Crippen LogP contribution in [0.25, 0.3) is 0 Å². The number of nitrogens with two attached hydrogens (primary N) is 1. The van der Waals surface area contributed by atoms with E-state index < -0.39 is 21.6 Å². The summed E-state index contributed by atoms with van der Waals surface area (Å²) in [4.78, 5) is 31.6. The van der Waals surface area contributed by atoms with Gasteiger partial charge >= 0.3 is 0 Å². The van der Waals surface area contributed by atoms with E-state index in [0.29, 0.717) is 5.69 Å². The molecule has 1 saturated heterocycles. The number of nitrogens with zero attached hydrogens (tertiary/aromatic N) is 2. The third-order valence-electron chi connectivity index (χ3n) is 4.87. The van der Waals surface area contributed by atoms with Gasteiger partial charge in [-0.25, -0.2) is 13.6 Å². The van der Waals surface area contributed by atoms with E-state index in [-0.39, 0.29) is 21.7 Å². The molecule has 2 aliphatic rings. The zero-order chi connectivity index (χ0) is 20.6. The molecule has 0 atom stereocenters. The van der Waals surface area contributed by atoms with Crippen LogP contribution < -0.4 is 20.7 Å². The van der Waals surface area contributed by atoms with Gasteiger partial charge in [-0.1, -0.05) is 12.1 Å². The first-order valence-electron chi connectivity index (χ1n) is 8.99. The van der Waals surface area contributed by atoms with Gasteiger partial charge in [-0.3, -0.25) is 14.6 Å². The van der Waals surface area contributed by atoms with E-state index in [1.54, 1.807) is 12.4 Å². The zero-order valence-electron chi connectivity index (χ0n) is 15.4. The number of carbonyl (C=O) groups is 2. The van der Waals surface area contributed by atoms with Crippen LogP contribution in [0.1, 0.15) is 20.7 Å². The average molecular weight is 413 g/mol. The van der Waals surface area contributed by atoms with E-state index >= 15 is 0 Å². The summed E-state index contributed by atoms with van der Waals surface area (Å²) in [6, 6.07) is 5.87. The minimum Gasteiger partial charge on any atom is -0.367 e. The van der Waals surface area contributed by atoms with Crippen LogP contribution in [0, 0.1) is 0 Å². The van der Waals surface area contributed by atoms with Gasteiger partial charge in [0.25, 0.3) is 0 Å². The number of fused-ring (bicyclic) bond motifs is 1. The summed E-state index contributed by atoms with van der Waals surface area (Å²) in [6.07, 6.45) is 4.36. The molecule has 0 spiro atoms.